The van der Waals surface area contributed by atoms with E-state index in [9.17, 15) is 29.4 Å². The third-order valence-corrected chi connectivity index (χ3v) is 24.1. The number of amides is 1. The van der Waals surface area contributed by atoms with E-state index < -0.39 is 134 Å². The normalized spacial score (nSPS) is 24.3. The van der Waals surface area contributed by atoms with Crippen molar-refractivity contribution in [2.75, 3.05) is 25.1 Å². The molecule has 2 fully saturated rings. The van der Waals surface area contributed by atoms with Gasteiger partial charge in [-0.2, -0.15) is 5.26 Å². The molecule has 7 rings (SSSR count). The lowest BCUT2D eigenvalue weighted by Crippen LogP contribution is -2.50. The van der Waals surface area contributed by atoms with Crippen LogP contribution >= 0.6 is 16.1 Å². The number of nitrogens with one attached hydrogen (secondary N) is 2. The number of hydrogen-bond acceptors (Lipinski definition) is 18. The summed E-state index contributed by atoms with van der Waals surface area (Å²) in [5.41, 5.74) is -0.261. The van der Waals surface area contributed by atoms with E-state index in [1.807, 2.05) is 73.8 Å². The first kappa shape index (κ1) is 54.2. The number of imidazole rings is 1. The second kappa shape index (κ2) is 21.1. The highest BCUT2D eigenvalue weighted by Gasteiger charge is 2.58. The van der Waals surface area contributed by atoms with Crippen molar-refractivity contribution >= 4 is 66.6 Å². The Kier molecular flexibility index (Phi) is 16.1. The third kappa shape index (κ3) is 11.5. The monoisotopic (exact) mass is 1060 g/mol. The molecular formula is C43H59FN9O14P2Si2+. The number of carbonyl (C=O) groups excluding carboxylic acids is 1. The van der Waals surface area contributed by atoms with Crippen molar-refractivity contribution in [1.82, 2.24) is 34.1 Å². The molecule has 384 valence electrons. The van der Waals surface area contributed by atoms with E-state index >= 15 is 8.96 Å². The van der Waals surface area contributed by atoms with Gasteiger partial charge in [0.1, 0.15) is 42.2 Å². The van der Waals surface area contributed by atoms with E-state index in [1.54, 1.807) is 30.3 Å². The Hall–Kier alpha value is -4.56. The molecule has 10 atom stereocenters. The lowest BCUT2D eigenvalue weighted by molar-refractivity contribution is -0.0628. The zero-order valence-corrected chi connectivity index (χ0v) is 44.6. The fourth-order valence-electron chi connectivity index (χ4n) is 7.55. The van der Waals surface area contributed by atoms with Gasteiger partial charge in [0.25, 0.3) is 11.5 Å². The predicted octanol–water partition coefficient (Wildman–Crippen LogP) is 7.00. The summed E-state index contributed by atoms with van der Waals surface area (Å²) in [6.45, 7) is 17.8. The van der Waals surface area contributed by atoms with Crippen molar-refractivity contribution in [1.29, 1.82) is 5.26 Å². The molecule has 5 aromatic rings. The van der Waals surface area contributed by atoms with Crippen LogP contribution in [-0.4, -0.2) is 123 Å². The lowest BCUT2D eigenvalue weighted by atomic mass is 10.1. The standard InChI is InChI=1S/C43H58FN9O14P2Si2/c1-42(2,3)70(7,8)66-32-27(20-54)62-40(52-19-26(44)29-36(52)47-23-49-39(29)56)33(32)65-69(59,60-18-14-17-45)61-21-28-31(64-68(57)58)34(67-71(9,10)43(4,5)6)41(63-28)53-24-50-30-35(46-22-48-37(30)53)51-38(55)25-15-12-11-13-16-25/h11-13,15-16,19,22-24,27-28,31-34,40-41,54H,14,18,20-21H2,1-10H3,(H2-,46,47,48,49,51,55,56,57,58)/p+1/t27-,28-,31-,32-,33-,34-,40-,41-,69?/m1/s1. The Morgan fingerprint density at radius 2 is 1.58 bits per heavy atom. The average molecular weight is 1060 g/mol. The summed E-state index contributed by atoms with van der Waals surface area (Å²) in [6, 6.07) is 10.4. The molecule has 71 heavy (non-hydrogen) atoms. The number of aromatic amines is 1. The molecule has 4 N–H and O–H groups in total. The highest BCUT2D eigenvalue weighted by Crippen LogP contribution is 2.56. The highest BCUT2D eigenvalue weighted by atomic mass is 31.2. The molecule has 6 heterocycles. The second-order valence-electron chi connectivity index (χ2n) is 20.0. The van der Waals surface area contributed by atoms with E-state index in [2.05, 4.69) is 30.2 Å². The molecule has 1 aromatic carbocycles. The van der Waals surface area contributed by atoms with Crippen LogP contribution in [0, 0.1) is 17.1 Å². The molecule has 28 heteroatoms. The summed E-state index contributed by atoms with van der Waals surface area (Å²) in [4.78, 5) is 56.2. The smallest absolute Gasteiger partial charge is 0.408 e. The van der Waals surface area contributed by atoms with Gasteiger partial charge in [-0.15, -0.1) is 9.42 Å². The zero-order valence-electron chi connectivity index (χ0n) is 40.8. The van der Waals surface area contributed by atoms with Crippen molar-refractivity contribution in [3.63, 3.8) is 0 Å². The Morgan fingerprint density at radius 1 is 0.930 bits per heavy atom. The van der Waals surface area contributed by atoms with Crippen LogP contribution in [0.15, 0.2) is 60.3 Å². The highest BCUT2D eigenvalue weighted by molar-refractivity contribution is 7.48. The number of aromatic nitrogens is 7. The summed E-state index contributed by atoms with van der Waals surface area (Å²) < 4.78 is 96.9. The number of benzene rings is 1. The second-order valence-corrected chi connectivity index (χ2v) is 31.9. The first-order valence-corrected chi connectivity index (χ1v) is 31.0. The van der Waals surface area contributed by atoms with Gasteiger partial charge in [0, 0.05) is 16.3 Å². The van der Waals surface area contributed by atoms with Crippen molar-refractivity contribution in [3.8, 4) is 6.07 Å². The third-order valence-electron chi connectivity index (χ3n) is 13.3. The Morgan fingerprint density at radius 3 is 2.21 bits per heavy atom. The van der Waals surface area contributed by atoms with Crippen molar-refractivity contribution in [3.05, 3.63) is 77.2 Å². The van der Waals surface area contributed by atoms with E-state index in [0.29, 0.717) is 5.56 Å². The predicted molar refractivity (Wildman–Crippen MR) is 258 cm³/mol. The SMILES string of the molecule is CC(C)(C)[Si](C)(C)O[C@@H]1[C@H](O[P+](=O)O)[C@@H](COP(=O)(OCCC#N)O[C@@H]2[C@H](O[Si](C)(C)C(C)(C)C)[C@@H](CO)O[C@H]2n2cc(F)c3c(=O)[nH]cnc32)O[C@H]1n1cnc2c(NC(=O)c3ccccc3)ncnc21. The number of halogens is 1. The van der Waals surface area contributed by atoms with E-state index in [1.165, 1.54) is 17.2 Å². The topological polar surface area (TPSA) is 296 Å². The summed E-state index contributed by atoms with van der Waals surface area (Å²) >= 11 is 0. The molecule has 1 amide bonds. The van der Waals surface area contributed by atoms with Crippen molar-refractivity contribution in [2.45, 2.75) is 133 Å². The summed E-state index contributed by atoms with van der Waals surface area (Å²) in [6.07, 6.45) is -6.37. The van der Waals surface area contributed by atoms with Gasteiger partial charge in [-0.1, -0.05) is 59.7 Å². The maximum atomic E-state index is 15.6. The molecule has 2 unspecified atom stereocenters. The zero-order chi connectivity index (χ0) is 51.8. The minimum atomic E-state index is -5.02. The molecule has 0 spiro atoms. The van der Waals surface area contributed by atoms with Crippen LogP contribution in [-0.2, 0) is 45.6 Å². The van der Waals surface area contributed by atoms with Gasteiger partial charge in [-0.05, 0) is 48.4 Å². The number of nitrogens with zero attached hydrogens (tertiary/aromatic N) is 7. The van der Waals surface area contributed by atoms with Crippen molar-refractivity contribution in [2.24, 2.45) is 0 Å². The minimum absolute atomic E-state index is 0.0768. The maximum absolute atomic E-state index is 15.6. The summed E-state index contributed by atoms with van der Waals surface area (Å²) in [7, 11) is -14.0. The molecular weight excluding hydrogens is 1000 g/mol. The van der Waals surface area contributed by atoms with Crippen LogP contribution in [0.5, 0.6) is 0 Å². The van der Waals surface area contributed by atoms with Crippen LogP contribution in [0.3, 0.4) is 0 Å². The number of phosphoric ester groups is 1. The average Bonchev–Trinajstić information content (AvgIpc) is 4.05. The number of aliphatic hydroxyl groups is 1. The summed E-state index contributed by atoms with van der Waals surface area (Å²) in [5, 5.41) is 21.8. The van der Waals surface area contributed by atoms with Crippen LogP contribution in [0.2, 0.25) is 36.3 Å². The van der Waals surface area contributed by atoms with Gasteiger partial charge in [-0.3, -0.25) is 27.7 Å². The Bertz CT molecular complexity index is 2890. The van der Waals surface area contributed by atoms with Crippen LogP contribution in [0.25, 0.3) is 22.2 Å². The fourth-order valence-corrected chi connectivity index (χ4v) is 12.0. The molecule has 0 bridgehead atoms. The van der Waals surface area contributed by atoms with Crippen LogP contribution in [0.1, 0.15) is 70.8 Å². The van der Waals surface area contributed by atoms with Gasteiger partial charge in [-0.25, -0.2) is 28.9 Å². The number of hydrogen-bond donors (Lipinski definition) is 4. The molecule has 0 aliphatic carbocycles. The summed E-state index contributed by atoms with van der Waals surface area (Å²) in [5.74, 6) is -1.34. The molecule has 0 radical (unpaired) electrons. The van der Waals surface area contributed by atoms with Crippen molar-refractivity contribution < 1.29 is 64.7 Å². The number of rotatable bonds is 19. The quantitative estimate of drug-likeness (QED) is 0.0368. The molecule has 0 saturated carbocycles. The number of phosphoric acid groups is 1. The van der Waals surface area contributed by atoms with E-state index in [-0.39, 0.29) is 29.0 Å². The minimum Gasteiger partial charge on any atom is -0.408 e. The first-order valence-electron chi connectivity index (χ1n) is 22.6. The number of nitriles is 1. The molecule has 2 saturated heterocycles. The molecule has 2 aliphatic heterocycles. The largest absolute Gasteiger partial charge is 0.695 e. The van der Waals surface area contributed by atoms with E-state index in [0.717, 1.165) is 17.1 Å². The lowest BCUT2D eigenvalue weighted by Gasteiger charge is -2.40. The van der Waals surface area contributed by atoms with Crippen LogP contribution in [0.4, 0.5) is 10.2 Å². The number of carbonyl (C=O) groups is 1. The maximum Gasteiger partial charge on any atom is 0.695 e. The van der Waals surface area contributed by atoms with Gasteiger partial charge in [0.05, 0.1) is 45.0 Å². The van der Waals surface area contributed by atoms with E-state index in [4.69, 9.17) is 36.4 Å². The number of anilines is 1. The van der Waals surface area contributed by atoms with Crippen LogP contribution < -0.4 is 10.9 Å². The number of fused-ring (bicyclic) bond motifs is 2. The number of aliphatic hydroxyl groups excluding tert-OH is 1. The van der Waals surface area contributed by atoms with Gasteiger partial charge in [0.15, 0.2) is 63.6 Å². The number of H-pyrrole nitrogens is 1. The van der Waals surface area contributed by atoms with Gasteiger partial charge >= 0.3 is 16.1 Å². The Balaban J connectivity index is 1.28. The first-order chi connectivity index (χ1) is 33.3. The van der Waals surface area contributed by atoms with Gasteiger partial charge in [0.2, 0.25) is 0 Å². The fraction of sp³-hybridized carbons (Fsp3) is 0.558. The molecule has 23 nitrogen and oxygen atoms in total. The molecule has 2 aliphatic rings. The Labute approximate surface area is 411 Å². The molecule has 4 aromatic heterocycles. The number of ether oxygens (including phenoxy) is 2. The van der Waals surface area contributed by atoms with Gasteiger partial charge < -0.3 is 38.3 Å².